The molecule has 0 aromatic carbocycles. The van der Waals surface area contributed by atoms with Gasteiger partial charge in [0.05, 0.1) is 6.33 Å². The zero-order valence-electron chi connectivity index (χ0n) is 5.39. The van der Waals surface area contributed by atoms with E-state index in [0.29, 0.717) is 11.5 Å². The first kappa shape index (κ1) is 6.54. The predicted octanol–water partition coefficient (Wildman–Crippen LogP) is 0.963. The average Bonchev–Trinajstić information content (AvgIpc) is 2.36. The molecule has 1 heterocycles. The second-order valence-electron chi connectivity index (χ2n) is 1.66. The highest BCUT2D eigenvalue weighted by atomic mass is 15.0. The predicted molar refractivity (Wildman–Crippen MR) is 40.3 cm³/mol. The Hall–Kier alpha value is -1.58. The number of nitrogens with one attached hydrogen (secondary N) is 3. The number of aromatic nitrogens is 2. The van der Waals surface area contributed by atoms with Crippen molar-refractivity contribution in [3.05, 3.63) is 24.8 Å². The Morgan fingerprint density at radius 2 is 2.60 bits per heavy atom. The van der Waals surface area contributed by atoms with Crippen LogP contribution in [-0.2, 0) is 0 Å². The van der Waals surface area contributed by atoms with Crippen LogP contribution in [0.3, 0.4) is 0 Å². The molecule has 0 fully saturated rings. The van der Waals surface area contributed by atoms with E-state index in [-0.39, 0.29) is 0 Å². The van der Waals surface area contributed by atoms with Gasteiger partial charge in [0, 0.05) is 6.21 Å². The summed E-state index contributed by atoms with van der Waals surface area (Å²) in [7, 11) is 0. The fourth-order valence-electron chi connectivity index (χ4n) is 0.626. The van der Waals surface area contributed by atoms with E-state index >= 15 is 0 Å². The first-order valence-corrected chi connectivity index (χ1v) is 2.79. The monoisotopic (exact) mass is 136 g/mol. The van der Waals surface area contributed by atoms with Crippen LogP contribution in [0, 0.1) is 5.41 Å². The average molecular weight is 136 g/mol. The number of H-pyrrole nitrogens is 1. The number of imidazole rings is 1. The van der Waals surface area contributed by atoms with Crippen LogP contribution in [0.2, 0.25) is 0 Å². The van der Waals surface area contributed by atoms with Crippen LogP contribution in [-0.4, -0.2) is 16.2 Å². The van der Waals surface area contributed by atoms with Gasteiger partial charge in [0.15, 0.2) is 5.82 Å². The highest BCUT2D eigenvalue weighted by Gasteiger charge is 1.97. The van der Waals surface area contributed by atoms with Crippen molar-refractivity contribution in [3.8, 4) is 0 Å². The summed E-state index contributed by atoms with van der Waals surface area (Å²) in [5, 5.41) is 9.69. The van der Waals surface area contributed by atoms with Gasteiger partial charge in [-0.1, -0.05) is 6.58 Å². The molecular weight excluding hydrogens is 128 g/mol. The fourth-order valence-corrected chi connectivity index (χ4v) is 0.626. The number of hydrogen-bond acceptors (Lipinski definition) is 3. The summed E-state index contributed by atoms with van der Waals surface area (Å²) >= 11 is 0. The lowest BCUT2D eigenvalue weighted by Gasteiger charge is -1.93. The second kappa shape index (κ2) is 2.82. The number of nitrogens with zero attached hydrogens (tertiary/aromatic N) is 1. The van der Waals surface area contributed by atoms with E-state index in [0.717, 1.165) is 0 Å². The Labute approximate surface area is 58.5 Å². The Balaban J connectivity index is 2.89. The summed E-state index contributed by atoms with van der Waals surface area (Å²) in [4.78, 5) is 6.66. The lowest BCUT2D eigenvalue weighted by atomic mass is 10.5. The van der Waals surface area contributed by atoms with Crippen molar-refractivity contribution < 1.29 is 0 Å². The number of aromatic amines is 1. The summed E-state index contributed by atoms with van der Waals surface area (Å²) in [6.07, 6.45) is 4.23. The summed E-state index contributed by atoms with van der Waals surface area (Å²) < 4.78 is 0. The van der Waals surface area contributed by atoms with E-state index in [9.17, 15) is 0 Å². The maximum absolute atomic E-state index is 6.91. The van der Waals surface area contributed by atoms with Crippen LogP contribution in [0.1, 0.15) is 5.69 Å². The quantitative estimate of drug-likeness (QED) is 0.542. The first-order valence-electron chi connectivity index (χ1n) is 2.79. The Bertz CT molecular complexity index is 238. The molecule has 0 saturated heterocycles. The Morgan fingerprint density at radius 3 is 3.20 bits per heavy atom. The van der Waals surface area contributed by atoms with E-state index in [2.05, 4.69) is 21.9 Å². The van der Waals surface area contributed by atoms with E-state index in [4.69, 9.17) is 5.41 Å². The topological polar surface area (TPSA) is 64.6 Å². The van der Waals surface area contributed by atoms with Crippen LogP contribution >= 0.6 is 0 Å². The van der Waals surface area contributed by atoms with Crippen molar-refractivity contribution in [1.82, 2.24) is 9.97 Å². The van der Waals surface area contributed by atoms with E-state index in [1.165, 1.54) is 18.7 Å². The third kappa shape index (κ3) is 1.05. The number of rotatable bonds is 3. The number of anilines is 1. The van der Waals surface area contributed by atoms with Gasteiger partial charge in [-0.2, -0.15) is 0 Å². The maximum Gasteiger partial charge on any atom is 0.157 e. The van der Waals surface area contributed by atoms with Gasteiger partial charge in [0.25, 0.3) is 0 Å². The molecule has 52 valence electrons. The molecule has 3 N–H and O–H groups in total. The first-order chi connectivity index (χ1) is 4.88. The normalized spacial score (nSPS) is 8.80. The molecular formula is C6H8N4. The van der Waals surface area contributed by atoms with Gasteiger partial charge in [-0.25, -0.2) is 4.98 Å². The molecule has 1 aromatic heterocycles. The Morgan fingerprint density at radius 1 is 1.80 bits per heavy atom. The number of hydrogen-bond donors (Lipinski definition) is 3. The highest BCUT2D eigenvalue weighted by molar-refractivity contribution is 5.81. The van der Waals surface area contributed by atoms with Gasteiger partial charge in [-0.15, -0.1) is 0 Å². The summed E-state index contributed by atoms with van der Waals surface area (Å²) in [6.45, 7) is 3.47. The molecule has 10 heavy (non-hydrogen) atoms. The standard InChI is InChI=1S/C6H8N4/c1-2-8-6-5(3-7)9-4-10-6/h2-4,7-8H,1H2,(H,9,10). The summed E-state index contributed by atoms with van der Waals surface area (Å²) in [5.74, 6) is 0.630. The van der Waals surface area contributed by atoms with E-state index in [1.54, 1.807) is 0 Å². The van der Waals surface area contributed by atoms with Crippen LogP contribution in [0.4, 0.5) is 5.82 Å². The van der Waals surface area contributed by atoms with Crippen molar-refractivity contribution in [1.29, 1.82) is 5.41 Å². The molecule has 0 aliphatic carbocycles. The zero-order chi connectivity index (χ0) is 7.40. The van der Waals surface area contributed by atoms with Crippen molar-refractivity contribution in [3.63, 3.8) is 0 Å². The summed E-state index contributed by atoms with van der Waals surface area (Å²) in [6, 6.07) is 0. The molecule has 0 aliphatic heterocycles. The minimum atomic E-state index is 0.630. The lowest BCUT2D eigenvalue weighted by Crippen LogP contribution is -1.90. The molecule has 0 unspecified atom stereocenters. The minimum Gasteiger partial charge on any atom is -0.345 e. The molecule has 0 amide bonds. The van der Waals surface area contributed by atoms with Crippen molar-refractivity contribution >= 4 is 12.0 Å². The van der Waals surface area contributed by atoms with Crippen LogP contribution < -0.4 is 5.32 Å². The molecule has 1 aromatic rings. The van der Waals surface area contributed by atoms with Gasteiger partial charge < -0.3 is 15.7 Å². The van der Waals surface area contributed by atoms with E-state index in [1.807, 2.05) is 0 Å². The molecule has 4 nitrogen and oxygen atoms in total. The molecule has 0 radical (unpaired) electrons. The van der Waals surface area contributed by atoms with Crippen molar-refractivity contribution in [2.24, 2.45) is 0 Å². The van der Waals surface area contributed by atoms with Gasteiger partial charge >= 0.3 is 0 Å². The van der Waals surface area contributed by atoms with Gasteiger partial charge in [-0.05, 0) is 6.20 Å². The maximum atomic E-state index is 6.91. The summed E-state index contributed by atoms with van der Waals surface area (Å²) in [5.41, 5.74) is 0.653. The van der Waals surface area contributed by atoms with Crippen molar-refractivity contribution in [2.75, 3.05) is 5.32 Å². The van der Waals surface area contributed by atoms with Crippen LogP contribution in [0.25, 0.3) is 0 Å². The van der Waals surface area contributed by atoms with Gasteiger partial charge in [0.1, 0.15) is 5.69 Å². The fraction of sp³-hybridized carbons (Fsp3) is 0. The molecule has 0 saturated carbocycles. The Kier molecular flexibility index (Phi) is 1.84. The largest absolute Gasteiger partial charge is 0.345 e. The van der Waals surface area contributed by atoms with Crippen molar-refractivity contribution in [2.45, 2.75) is 0 Å². The molecule has 0 bridgehead atoms. The van der Waals surface area contributed by atoms with Gasteiger partial charge in [0.2, 0.25) is 0 Å². The second-order valence-corrected chi connectivity index (χ2v) is 1.66. The third-order valence-corrected chi connectivity index (χ3v) is 1.05. The van der Waals surface area contributed by atoms with Crippen LogP contribution in [0.15, 0.2) is 19.1 Å². The molecule has 1 rings (SSSR count). The lowest BCUT2D eigenvalue weighted by molar-refractivity contribution is 1.30. The molecule has 0 spiro atoms. The highest BCUT2D eigenvalue weighted by Crippen LogP contribution is 2.04. The molecule has 4 heteroatoms. The van der Waals surface area contributed by atoms with Crippen LogP contribution in [0.5, 0.6) is 0 Å². The van der Waals surface area contributed by atoms with Gasteiger partial charge in [-0.3, -0.25) is 0 Å². The minimum absolute atomic E-state index is 0.630. The molecule has 0 aliphatic rings. The van der Waals surface area contributed by atoms with E-state index < -0.39 is 0 Å². The third-order valence-electron chi connectivity index (χ3n) is 1.05. The molecule has 0 atom stereocenters. The zero-order valence-corrected chi connectivity index (χ0v) is 5.39. The SMILES string of the molecule is C=CNc1nc[nH]c1C=N. The smallest absolute Gasteiger partial charge is 0.157 e.